The van der Waals surface area contributed by atoms with E-state index in [0.29, 0.717) is 4.90 Å². The third-order valence-electron chi connectivity index (χ3n) is 1.16. The van der Waals surface area contributed by atoms with Crippen LogP contribution in [0.3, 0.4) is 0 Å². The highest BCUT2D eigenvalue weighted by molar-refractivity contribution is 7.58. The van der Waals surface area contributed by atoms with Crippen LogP contribution in [0.1, 0.15) is 0 Å². The Kier molecular flexibility index (Phi) is 5.67. The number of hydrogen-bond donors (Lipinski definition) is 7. The second-order valence-corrected chi connectivity index (χ2v) is 8.01. The fraction of sp³-hybridized carbons (Fsp3) is 1.00. The van der Waals surface area contributed by atoms with Crippen LogP contribution in [0.15, 0.2) is 0 Å². The van der Waals surface area contributed by atoms with Crippen LogP contribution in [-0.4, -0.2) is 58.0 Å². The molecule has 0 aromatic rings. The zero-order valence-electron chi connectivity index (χ0n) is 7.86. The predicted molar refractivity (Wildman–Crippen MR) is 54.1 cm³/mol. The Hall–Kier alpha value is 0.570. The minimum Gasteiger partial charge on any atom is -0.324 e. The maximum atomic E-state index is 10.6. The summed E-state index contributed by atoms with van der Waals surface area (Å²) in [6.07, 6.45) is -3.22. The lowest BCUT2D eigenvalue weighted by molar-refractivity contribution is 0.264. The molecule has 0 bridgehead atoms. The van der Waals surface area contributed by atoms with E-state index in [1.54, 1.807) is 0 Å². The van der Waals surface area contributed by atoms with E-state index in [4.69, 9.17) is 34.3 Å². The molecule has 0 spiro atoms. The number of nitrogens with zero attached hydrogens (tertiary/aromatic N) is 1. The molecule has 0 atom stereocenters. The highest BCUT2D eigenvalue weighted by Crippen LogP contribution is 2.49. The van der Waals surface area contributed by atoms with Crippen LogP contribution in [0, 0.1) is 0 Å². The van der Waals surface area contributed by atoms with E-state index in [-0.39, 0.29) is 0 Å². The van der Waals surface area contributed by atoms with Crippen molar-refractivity contribution < 1.29 is 43.4 Å². The molecule has 13 heteroatoms. The molecular formula is C3H13NO9P3+. The smallest absolute Gasteiger partial charge is 0.324 e. The van der Waals surface area contributed by atoms with Crippen LogP contribution < -0.4 is 0 Å². The molecule has 7 N–H and O–H groups in total. The molecule has 0 saturated heterocycles. The van der Waals surface area contributed by atoms with E-state index in [2.05, 4.69) is 0 Å². The van der Waals surface area contributed by atoms with Gasteiger partial charge in [0.05, 0.1) is 0 Å². The fourth-order valence-electron chi connectivity index (χ4n) is 0.924. The molecule has 0 aromatic heterocycles. The first-order valence-electron chi connectivity index (χ1n) is 3.66. The SMILES string of the molecule is O=P(O)(O)CN(CP(=O)(O)O)C[P+](O)(O)O. The molecule has 16 heavy (non-hydrogen) atoms. The molecule has 0 aliphatic rings. The number of hydrogen-bond acceptors (Lipinski definition) is 6. The molecule has 0 saturated carbocycles. The zero-order chi connectivity index (χ0) is 13.2. The summed E-state index contributed by atoms with van der Waals surface area (Å²) in [7, 11) is -13.7. The maximum Gasteiger partial charge on any atom is 0.419 e. The van der Waals surface area contributed by atoms with Crippen molar-refractivity contribution in [2.45, 2.75) is 0 Å². The van der Waals surface area contributed by atoms with Crippen molar-refractivity contribution in [1.29, 1.82) is 0 Å². The van der Waals surface area contributed by atoms with Gasteiger partial charge in [-0.15, -0.1) is 0 Å². The fourth-order valence-corrected chi connectivity index (χ4v) is 3.58. The van der Waals surface area contributed by atoms with Crippen LogP contribution in [0.2, 0.25) is 0 Å². The third-order valence-corrected chi connectivity index (χ3v) is 3.47. The maximum absolute atomic E-state index is 10.6. The van der Waals surface area contributed by atoms with E-state index < -0.39 is 42.0 Å². The monoisotopic (exact) mass is 300 g/mol. The van der Waals surface area contributed by atoms with Gasteiger partial charge in [0, 0.05) is 0 Å². The van der Waals surface area contributed by atoms with Gasteiger partial charge in [-0.1, -0.05) is 0 Å². The minimum absolute atomic E-state index is 0.398. The van der Waals surface area contributed by atoms with Gasteiger partial charge in [-0.3, -0.25) is 9.13 Å². The molecule has 98 valence electrons. The Bertz CT molecular complexity index is 288. The van der Waals surface area contributed by atoms with Crippen molar-refractivity contribution in [2.24, 2.45) is 0 Å². The molecule has 0 rings (SSSR count). The Balaban J connectivity index is 4.65. The van der Waals surface area contributed by atoms with Crippen LogP contribution in [-0.2, 0) is 9.13 Å². The summed E-state index contributed by atoms with van der Waals surface area (Å²) in [5.74, 6) is 0. The first kappa shape index (κ1) is 16.6. The summed E-state index contributed by atoms with van der Waals surface area (Å²) in [5.41, 5.74) is 0. The molecule has 0 aliphatic heterocycles. The van der Waals surface area contributed by atoms with Crippen molar-refractivity contribution in [1.82, 2.24) is 4.90 Å². The highest BCUT2D eigenvalue weighted by Gasteiger charge is 2.38. The van der Waals surface area contributed by atoms with Gasteiger partial charge in [-0.2, -0.15) is 14.7 Å². The summed E-state index contributed by atoms with van der Waals surface area (Å²) < 4.78 is 21.2. The average molecular weight is 300 g/mol. The van der Waals surface area contributed by atoms with E-state index in [1.807, 2.05) is 0 Å². The van der Waals surface area contributed by atoms with Crippen molar-refractivity contribution in [2.75, 3.05) is 18.9 Å². The Morgan fingerprint density at radius 1 is 0.875 bits per heavy atom. The van der Waals surface area contributed by atoms with E-state index in [1.165, 1.54) is 0 Å². The molecule has 0 fully saturated rings. The van der Waals surface area contributed by atoms with Crippen LogP contribution in [0.5, 0.6) is 0 Å². The largest absolute Gasteiger partial charge is 0.419 e. The lowest BCUT2D eigenvalue weighted by atomic mass is 11.0. The third kappa shape index (κ3) is 11.1. The molecule has 10 nitrogen and oxygen atoms in total. The van der Waals surface area contributed by atoms with Gasteiger partial charge in [-0.25, -0.2) is 4.90 Å². The average Bonchev–Trinajstić information content (AvgIpc) is 1.70. The highest BCUT2D eigenvalue weighted by atomic mass is 31.2. The second-order valence-electron chi connectivity index (χ2n) is 3.12. The standard InChI is InChI=1S/C3H12NO9P3/c5-14(6,7)1-4(2-15(8,9)10)3-16(11,12)13/h5-7H,1-3H2,(H3-,8,9,10,11,12,13)/p+1. The molecule has 0 aliphatic carbocycles. The first-order chi connectivity index (χ1) is 6.79. The summed E-state index contributed by atoms with van der Waals surface area (Å²) in [6, 6.07) is 0. The zero-order valence-corrected chi connectivity index (χ0v) is 10.5. The number of rotatable bonds is 6. The summed E-state index contributed by atoms with van der Waals surface area (Å²) in [6.45, 7) is 0. The predicted octanol–water partition coefficient (Wildman–Crippen LogP) is -1.74. The van der Waals surface area contributed by atoms with Crippen LogP contribution >= 0.6 is 23.1 Å². The lowest BCUT2D eigenvalue weighted by Gasteiger charge is -2.21. The van der Waals surface area contributed by atoms with Crippen LogP contribution in [0.25, 0.3) is 0 Å². The molecule has 0 unspecified atom stereocenters. The van der Waals surface area contributed by atoms with Crippen LogP contribution in [0.4, 0.5) is 0 Å². The van der Waals surface area contributed by atoms with E-state index in [9.17, 15) is 9.13 Å². The molecular weight excluding hydrogens is 287 g/mol. The first-order valence-corrected chi connectivity index (χ1v) is 9.09. The lowest BCUT2D eigenvalue weighted by Crippen LogP contribution is -2.28. The molecule has 0 radical (unpaired) electrons. The summed E-state index contributed by atoms with van der Waals surface area (Å²) in [5, 5.41) is 0. The molecule has 0 heterocycles. The van der Waals surface area contributed by atoms with Gasteiger partial charge in [-0.05, 0) is 0 Å². The van der Waals surface area contributed by atoms with Gasteiger partial charge in [0.1, 0.15) is 12.6 Å². The van der Waals surface area contributed by atoms with E-state index in [0.717, 1.165) is 0 Å². The second kappa shape index (κ2) is 5.48. The normalized spacial score (nSPS) is 14.5. The van der Waals surface area contributed by atoms with Crippen molar-refractivity contribution in [3.63, 3.8) is 0 Å². The molecule has 0 amide bonds. The minimum atomic E-state index is -4.63. The summed E-state index contributed by atoms with van der Waals surface area (Å²) >= 11 is 0. The van der Waals surface area contributed by atoms with Gasteiger partial charge < -0.3 is 19.6 Å². The topological polar surface area (TPSA) is 179 Å². The van der Waals surface area contributed by atoms with Gasteiger partial charge in [0.2, 0.25) is 0 Å². The van der Waals surface area contributed by atoms with Gasteiger partial charge in [0.25, 0.3) is 0 Å². The quantitative estimate of drug-likeness (QED) is 0.278. The Labute approximate surface area is 91.1 Å². The van der Waals surface area contributed by atoms with Crippen molar-refractivity contribution in [3.05, 3.63) is 0 Å². The van der Waals surface area contributed by atoms with Gasteiger partial charge in [0.15, 0.2) is 6.29 Å². The molecule has 0 aromatic carbocycles. The van der Waals surface area contributed by atoms with Crippen molar-refractivity contribution >= 4 is 23.1 Å². The van der Waals surface area contributed by atoms with Gasteiger partial charge >= 0.3 is 23.1 Å². The summed E-state index contributed by atoms with van der Waals surface area (Å²) in [4.78, 5) is 60.6. The Morgan fingerprint density at radius 2 is 1.19 bits per heavy atom. The Morgan fingerprint density at radius 3 is 1.38 bits per heavy atom. The van der Waals surface area contributed by atoms with Crippen molar-refractivity contribution in [3.8, 4) is 0 Å². The van der Waals surface area contributed by atoms with E-state index >= 15 is 0 Å².